The minimum absolute atomic E-state index is 0.290. The quantitative estimate of drug-likeness (QED) is 0.839. The predicted molar refractivity (Wildman–Crippen MR) is 74.3 cm³/mol. The first-order chi connectivity index (χ1) is 9.06. The molecule has 2 aromatic rings. The summed E-state index contributed by atoms with van der Waals surface area (Å²) in [6.45, 7) is 2.00. The van der Waals surface area contributed by atoms with Gasteiger partial charge in [-0.15, -0.1) is 0 Å². The van der Waals surface area contributed by atoms with Crippen molar-refractivity contribution in [3.8, 4) is 0 Å². The van der Waals surface area contributed by atoms with Crippen LogP contribution in [-0.4, -0.2) is 8.42 Å². The standard InChI is InChI=1S/C14H14N2O2S/c1-10-6-8-11(9-7-10)14-15-12-4-2-3-5-13(12)19(17,18)16-14/h2-9,14-16H,1H3. The summed E-state index contributed by atoms with van der Waals surface area (Å²) >= 11 is 0. The van der Waals surface area contributed by atoms with E-state index in [1.54, 1.807) is 18.2 Å². The second kappa shape index (κ2) is 4.36. The number of para-hydroxylation sites is 1. The largest absolute Gasteiger partial charge is 0.364 e. The molecule has 0 bridgehead atoms. The van der Waals surface area contributed by atoms with Gasteiger partial charge in [-0.3, -0.25) is 0 Å². The average Bonchev–Trinajstić information content (AvgIpc) is 2.39. The van der Waals surface area contributed by atoms with Gasteiger partial charge in [0.15, 0.2) is 0 Å². The molecule has 2 N–H and O–H groups in total. The molecule has 0 saturated carbocycles. The zero-order valence-electron chi connectivity index (χ0n) is 10.4. The van der Waals surface area contributed by atoms with Gasteiger partial charge in [-0.05, 0) is 24.6 Å². The highest BCUT2D eigenvalue weighted by Gasteiger charge is 2.29. The molecule has 2 aromatic carbocycles. The lowest BCUT2D eigenvalue weighted by Gasteiger charge is -2.28. The third-order valence-corrected chi connectivity index (χ3v) is 4.64. The van der Waals surface area contributed by atoms with Gasteiger partial charge in [0.05, 0.1) is 5.69 Å². The number of rotatable bonds is 1. The Balaban J connectivity index is 2.03. The number of fused-ring (bicyclic) bond motifs is 1. The van der Waals surface area contributed by atoms with Crippen molar-refractivity contribution in [1.82, 2.24) is 4.72 Å². The van der Waals surface area contributed by atoms with Gasteiger partial charge >= 0.3 is 0 Å². The van der Waals surface area contributed by atoms with Crippen molar-refractivity contribution in [2.45, 2.75) is 18.0 Å². The van der Waals surface area contributed by atoms with E-state index in [4.69, 9.17) is 0 Å². The molecule has 0 fully saturated rings. The minimum Gasteiger partial charge on any atom is -0.364 e. The Bertz CT molecular complexity index is 708. The van der Waals surface area contributed by atoms with Crippen LogP contribution in [0.25, 0.3) is 0 Å². The molecule has 4 nitrogen and oxygen atoms in total. The van der Waals surface area contributed by atoms with E-state index in [-0.39, 0.29) is 0 Å². The highest BCUT2D eigenvalue weighted by atomic mass is 32.2. The Morgan fingerprint density at radius 2 is 1.68 bits per heavy atom. The van der Waals surface area contributed by atoms with Crippen LogP contribution in [0.15, 0.2) is 53.4 Å². The lowest BCUT2D eigenvalue weighted by molar-refractivity contribution is 0.562. The fourth-order valence-electron chi connectivity index (χ4n) is 2.13. The van der Waals surface area contributed by atoms with Crippen LogP contribution in [0.1, 0.15) is 17.3 Å². The predicted octanol–water partition coefficient (Wildman–Crippen LogP) is 2.40. The van der Waals surface area contributed by atoms with Crippen LogP contribution in [0.3, 0.4) is 0 Å². The van der Waals surface area contributed by atoms with Crippen LogP contribution in [0.5, 0.6) is 0 Å². The van der Waals surface area contributed by atoms with E-state index in [1.807, 2.05) is 37.3 Å². The first-order valence-corrected chi connectivity index (χ1v) is 7.49. The van der Waals surface area contributed by atoms with Crippen molar-refractivity contribution in [1.29, 1.82) is 0 Å². The maximum atomic E-state index is 12.2. The lowest BCUT2D eigenvalue weighted by atomic mass is 10.1. The monoisotopic (exact) mass is 274 g/mol. The van der Waals surface area contributed by atoms with Crippen molar-refractivity contribution < 1.29 is 8.42 Å². The van der Waals surface area contributed by atoms with Gasteiger partial charge in [0.2, 0.25) is 10.0 Å². The molecule has 1 aliphatic heterocycles. The summed E-state index contributed by atoms with van der Waals surface area (Å²) in [7, 11) is -3.46. The molecule has 19 heavy (non-hydrogen) atoms. The molecule has 0 saturated heterocycles. The van der Waals surface area contributed by atoms with Crippen LogP contribution < -0.4 is 10.0 Å². The third-order valence-electron chi connectivity index (χ3n) is 3.16. The molecular weight excluding hydrogens is 260 g/mol. The Labute approximate surface area is 112 Å². The molecule has 5 heteroatoms. The maximum absolute atomic E-state index is 12.2. The normalized spacial score (nSPS) is 20.4. The van der Waals surface area contributed by atoms with Gasteiger partial charge in [-0.25, -0.2) is 8.42 Å². The fourth-order valence-corrected chi connectivity index (χ4v) is 3.44. The van der Waals surface area contributed by atoms with Crippen molar-refractivity contribution in [2.24, 2.45) is 0 Å². The summed E-state index contributed by atoms with van der Waals surface area (Å²) in [6.07, 6.45) is -0.430. The van der Waals surface area contributed by atoms with Crippen LogP contribution >= 0.6 is 0 Å². The number of hydrogen-bond donors (Lipinski definition) is 2. The molecule has 0 radical (unpaired) electrons. The summed E-state index contributed by atoms with van der Waals surface area (Å²) in [5, 5.41) is 3.20. The molecular formula is C14H14N2O2S. The number of anilines is 1. The summed E-state index contributed by atoms with van der Waals surface area (Å²) in [4.78, 5) is 0.290. The van der Waals surface area contributed by atoms with Gasteiger partial charge in [0, 0.05) is 0 Å². The highest BCUT2D eigenvalue weighted by Crippen LogP contribution is 2.30. The molecule has 1 aliphatic rings. The summed E-state index contributed by atoms with van der Waals surface area (Å²) in [5.41, 5.74) is 2.67. The van der Waals surface area contributed by atoms with E-state index >= 15 is 0 Å². The second-order valence-corrected chi connectivity index (χ2v) is 6.29. The minimum atomic E-state index is -3.46. The Morgan fingerprint density at radius 1 is 1.00 bits per heavy atom. The summed E-state index contributed by atoms with van der Waals surface area (Å²) in [6, 6.07) is 14.7. The Hall–Kier alpha value is -1.85. The smallest absolute Gasteiger partial charge is 0.244 e. The first kappa shape index (κ1) is 12.2. The number of hydrogen-bond acceptors (Lipinski definition) is 3. The SMILES string of the molecule is Cc1ccc(C2Nc3ccccc3S(=O)(=O)N2)cc1. The van der Waals surface area contributed by atoms with Crippen molar-refractivity contribution in [2.75, 3.05) is 5.32 Å². The summed E-state index contributed by atoms with van der Waals surface area (Å²) < 4.78 is 27.0. The average molecular weight is 274 g/mol. The Kier molecular flexibility index (Phi) is 2.80. The van der Waals surface area contributed by atoms with Crippen molar-refractivity contribution in [3.05, 3.63) is 59.7 Å². The van der Waals surface area contributed by atoms with Crippen LogP contribution in [-0.2, 0) is 10.0 Å². The molecule has 3 rings (SSSR count). The van der Waals surface area contributed by atoms with E-state index in [0.717, 1.165) is 11.1 Å². The molecule has 1 unspecified atom stereocenters. The zero-order valence-corrected chi connectivity index (χ0v) is 11.2. The van der Waals surface area contributed by atoms with Gasteiger partial charge in [0.25, 0.3) is 0 Å². The van der Waals surface area contributed by atoms with E-state index in [2.05, 4.69) is 10.0 Å². The summed E-state index contributed by atoms with van der Waals surface area (Å²) in [5.74, 6) is 0. The van der Waals surface area contributed by atoms with Crippen LogP contribution in [0.4, 0.5) is 5.69 Å². The van der Waals surface area contributed by atoms with E-state index in [1.165, 1.54) is 0 Å². The number of sulfonamides is 1. The zero-order chi connectivity index (χ0) is 13.5. The highest BCUT2D eigenvalue weighted by molar-refractivity contribution is 7.89. The van der Waals surface area contributed by atoms with Gasteiger partial charge in [-0.1, -0.05) is 42.0 Å². The maximum Gasteiger partial charge on any atom is 0.244 e. The van der Waals surface area contributed by atoms with E-state index < -0.39 is 16.2 Å². The van der Waals surface area contributed by atoms with E-state index in [9.17, 15) is 8.42 Å². The van der Waals surface area contributed by atoms with Crippen molar-refractivity contribution >= 4 is 15.7 Å². The molecule has 98 valence electrons. The van der Waals surface area contributed by atoms with Crippen LogP contribution in [0, 0.1) is 6.92 Å². The molecule has 1 atom stereocenters. The van der Waals surface area contributed by atoms with Crippen LogP contribution in [0.2, 0.25) is 0 Å². The fraction of sp³-hybridized carbons (Fsp3) is 0.143. The van der Waals surface area contributed by atoms with E-state index in [0.29, 0.717) is 10.6 Å². The molecule has 0 aliphatic carbocycles. The number of aryl methyl sites for hydroxylation is 1. The molecule has 0 spiro atoms. The van der Waals surface area contributed by atoms with Gasteiger partial charge < -0.3 is 5.32 Å². The second-order valence-electron chi connectivity index (χ2n) is 4.61. The number of nitrogens with one attached hydrogen (secondary N) is 2. The first-order valence-electron chi connectivity index (χ1n) is 6.01. The topological polar surface area (TPSA) is 58.2 Å². The Morgan fingerprint density at radius 3 is 2.42 bits per heavy atom. The van der Waals surface area contributed by atoms with Gasteiger partial charge in [-0.2, -0.15) is 4.72 Å². The lowest BCUT2D eigenvalue weighted by Crippen LogP contribution is -2.38. The number of benzene rings is 2. The molecule has 0 aromatic heterocycles. The molecule has 1 heterocycles. The van der Waals surface area contributed by atoms with Gasteiger partial charge in [0.1, 0.15) is 11.1 Å². The molecule has 0 amide bonds. The third kappa shape index (κ3) is 2.22. The van der Waals surface area contributed by atoms with Crippen molar-refractivity contribution in [3.63, 3.8) is 0 Å².